The fourth-order valence-corrected chi connectivity index (χ4v) is 1.30. The van der Waals surface area contributed by atoms with Crippen LogP contribution in [0, 0.1) is 0 Å². The maximum absolute atomic E-state index is 10.8. The van der Waals surface area contributed by atoms with Gasteiger partial charge in [0.2, 0.25) is 0 Å². The predicted octanol–water partition coefficient (Wildman–Crippen LogP) is -0.615. The lowest BCUT2D eigenvalue weighted by Gasteiger charge is -2.16. The molecule has 0 aliphatic carbocycles. The van der Waals surface area contributed by atoms with E-state index in [1.54, 1.807) is 13.2 Å². The first-order valence-corrected chi connectivity index (χ1v) is 5.17. The molecule has 7 nitrogen and oxygen atoms in total. The molecule has 94 valence electrons. The number of nitrogens with one attached hydrogen (secondary N) is 1. The van der Waals surface area contributed by atoms with Crippen LogP contribution in [0.4, 0.5) is 5.82 Å². The van der Waals surface area contributed by atoms with Gasteiger partial charge >= 0.3 is 0 Å². The topological polar surface area (TPSA) is 110 Å². The highest BCUT2D eigenvalue weighted by Crippen LogP contribution is 2.06. The zero-order chi connectivity index (χ0) is 12.7. The van der Waals surface area contributed by atoms with E-state index in [0.717, 1.165) is 0 Å². The second-order valence-corrected chi connectivity index (χ2v) is 3.48. The van der Waals surface area contributed by atoms with Crippen molar-refractivity contribution in [2.24, 2.45) is 5.73 Å². The molecule has 7 heteroatoms. The minimum Gasteiger partial charge on any atom is -0.396 e. The molecule has 0 saturated carbocycles. The molecule has 1 atom stereocenters. The van der Waals surface area contributed by atoms with Gasteiger partial charge in [0.25, 0.3) is 5.91 Å². The summed E-state index contributed by atoms with van der Waals surface area (Å²) < 4.78 is 4.99. The number of carbonyl (C=O) groups excluding carboxylic acids is 1. The highest BCUT2D eigenvalue weighted by Gasteiger charge is 2.09. The van der Waals surface area contributed by atoms with Crippen LogP contribution in [0.15, 0.2) is 12.1 Å². The van der Waals surface area contributed by atoms with Crippen LogP contribution in [0.2, 0.25) is 0 Å². The van der Waals surface area contributed by atoms with Crippen molar-refractivity contribution in [1.82, 2.24) is 10.2 Å². The van der Waals surface area contributed by atoms with Gasteiger partial charge in [-0.3, -0.25) is 4.79 Å². The number of amides is 1. The molecule has 1 amide bonds. The Labute approximate surface area is 99.0 Å². The number of methoxy groups -OCH3 is 1. The third-order valence-electron chi connectivity index (χ3n) is 2.11. The zero-order valence-electron chi connectivity index (χ0n) is 9.59. The monoisotopic (exact) mass is 240 g/mol. The molecule has 17 heavy (non-hydrogen) atoms. The standard InChI is InChI=1S/C10H16N4O3/c1-17-6-7(4-5-15)12-9-3-2-8(10(11)16)13-14-9/h2-3,7,15H,4-6H2,1H3,(H2,11,16)(H,12,14). The molecule has 1 heterocycles. The van der Waals surface area contributed by atoms with E-state index in [2.05, 4.69) is 15.5 Å². The van der Waals surface area contributed by atoms with Crippen molar-refractivity contribution in [3.05, 3.63) is 17.8 Å². The smallest absolute Gasteiger partial charge is 0.269 e. The molecule has 0 saturated heterocycles. The second-order valence-electron chi connectivity index (χ2n) is 3.48. The van der Waals surface area contributed by atoms with Gasteiger partial charge in [-0.25, -0.2) is 0 Å². The summed E-state index contributed by atoms with van der Waals surface area (Å²) in [6.07, 6.45) is 0.535. The molecular formula is C10H16N4O3. The van der Waals surface area contributed by atoms with Crippen molar-refractivity contribution < 1.29 is 14.6 Å². The van der Waals surface area contributed by atoms with Crippen LogP contribution in [-0.4, -0.2) is 47.6 Å². The van der Waals surface area contributed by atoms with Crippen molar-refractivity contribution in [3.8, 4) is 0 Å². The summed E-state index contributed by atoms with van der Waals surface area (Å²) in [6, 6.07) is 3.03. The van der Waals surface area contributed by atoms with Crippen molar-refractivity contribution >= 4 is 11.7 Å². The van der Waals surface area contributed by atoms with Gasteiger partial charge in [-0.05, 0) is 18.6 Å². The van der Waals surface area contributed by atoms with Gasteiger partial charge in [-0.2, -0.15) is 0 Å². The van der Waals surface area contributed by atoms with Gasteiger partial charge in [0.05, 0.1) is 12.6 Å². The molecule has 1 aromatic heterocycles. The Kier molecular flexibility index (Phi) is 5.31. The largest absolute Gasteiger partial charge is 0.396 e. The number of hydrogen-bond donors (Lipinski definition) is 3. The first-order chi connectivity index (χ1) is 8.17. The highest BCUT2D eigenvalue weighted by atomic mass is 16.5. The van der Waals surface area contributed by atoms with Gasteiger partial charge in [0.1, 0.15) is 5.82 Å². The van der Waals surface area contributed by atoms with E-state index < -0.39 is 5.91 Å². The predicted molar refractivity (Wildman–Crippen MR) is 61.5 cm³/mol. The number of rotatable bonds is 7. The number of anilines is 1. The van der Waals surface area contributed by atoms with Gasteiger partial charge < -0.3 is 20.9 Å². The molecule has 0 spiro atoms. The first kappa shape index (κ1) is 13.3. The second kappa shape index (κ2) is 6.77. The molecule has 1 unspecified atom stereocenters. The van der Waals surface area contributed by atoms with Crippen LogP contribution < -0.4 is 11.1 Å². The van der Waals surface area contributed by atoms with Gasteiger partial charge in [0.15, 0.2) is 5.69 Å². The number of ether oxygens (including phenoxy) is 1. The quantitative estimate of drug-likeness (QED) is 0.586. The number of hydrogen-bond acceptors (Lipinski definition) is 6. The summed E-state index contributed by atoms with van der Waals surface area (Å²) >= 11 is 0. The lowest BCUT2D eigenvalue weighted by molar-refractivity contribution is 0.0994. The van der Waals surface area contributed by atoms with Crippen LogP contribution in [0.1, 0.15) is 16.9 Å². The van der Waals surface area contributed by atoms with Gasteiger partial charge in [-0.1, -0.05) is 0 Å². The number of nitrogens with zero attached hydrogens (tertiary/aromatic N) is 2. The molecule has 0 aromatic carbocycles. The Balaban J connectivity index is 2.62. The molecule has 0 aliphatic heterocycles. The Morgan fingerprint density at radius 2 is 2.35 bits per heavy atom. The third-order valence-corrected chi connectivity index (χ3v) is 2.11. The number of carbonyl (C=O) groups is 1. The Morgan fingerprint density at radius 1 is 1.59 bits per heavy atom. The van der Waals surface area contributed by atoms with Crippen LogP contribution >= 0.6 is 0 Å². The summed E-state index contributed by atoms with van der Waals surface area (Å²) in [5, 5.41) is 19.4. The number of nitrogens with two attached hydrogens (primary N) is 1. The number of aliphatic hydroxyl groups is 1. The fraction of sp³-hybridized carbons (Fsp3) is 0.500. The third kappa shape index (κ3) is 4.33. The van der Waals surface area contributed by atoms with Crippen molar-refractivity contribution in [2.75, 3.05) is 25.6 Å². The molecule has 0 fully saturated rings. The lowest BCUT2D eigenvalue weighted by atomic mass is 10.2. The fourth-order valence-electron chi connectivity index (χ4n) is 1.30. The van der Waals surface area contributed by atoms with Crippen LogP contribution in [0.3, 0.4) is 0 Å². The molecular weight excluding hydrogens is 224 g/mol. The molecule has 0 bridgehead atoms. The van der Waals surface area contributed by atoms with Gasteiger partial charge in [0, 0.05) is 13.7 Å². The molecule has 1 rings (SSSR count). The van der Waals surface area contributed by atoms with Gasteiger partial charge in [-0.15, -0.1) is 10.2 Å². The lowest BCUT2D eigenvalue weighted by Crippen LogP contribution is -2.27. The van der Waals surface area contributed by atoms with Crippen LogP contribution in [0.5, 0.6) is 0 Å². The summed E-state index contributed by atoms with van der Waals surface area (Å²) in [5.41, 5.74) is 5.16. The summed E-state index contributed by atoms with van der Waals surface area (Å²) in [6.45, 7) is 0.494. The number of aromatic nitrogens is 2. The maximum Gasteiger partial charge on any atom is 0.269 e. The van der Waals surface area contributed by atoms with E-state index in [1.807, 2.05) is 0 Å². The zero-order valence-corrected chi connectivity index (χ0v) is 9.59. The van der Waals surface area contributed by atoms with Crippen molar-refractivity contribution in [3.63, 3.8) is 0 Å². The van der Waals surface area contributed by atoms with E-state index >= 15 is 0 Å². The van der Waals surface area contributed by atoms with Crippen LogP contribution in [-0.2, 0) is 4.74 Å². The van der Waals surface area contributed by atoms with E-state index in [0.29, 0.717) is 18.8 Å². The average molecular weight is 240 g/mol. The summed E-state index contributed by atoms with van der Waals surface area (Å²) in [7, 11) is 1.58. The van der Waals surface area contributed by atoms with E-state index in [1.165, 1.54) is 6.07 Å². The molecule has 0 radical (unpaired) electrons. The molecule has 4 N–H and O–H groups in total. The van der Waals surface area contributed by atoms with E-state index in [4.69, 9.17) is 15.6 Å². The average Bonchev–Trinajstić information content (AvgIpc) is 2.30. The Hall–Kier alpha value is -1.73. The Bertz CT molecular complexity index is 349. The normalized spacial score (nSPS) is 12.1. The highest BCUT2D eigenvalue weighted by molar-refractivity contribution is 5.90. The minimum atomic E-state index is -0.618. The first-order valence-electron chi connectivity index (χ1n) is 5.17. The number of aliphatic hydroxyl groups excluding tert-OH is 1. The van der Waals surface area contributed by atoms with Crippen LogP contribution in [0.25, 0.3) is 0 Å². The van der Waals surface area contributed by atoms with Crippen molar-refractivity contribution in [1.29, 1.82) is 0 Å². The van der Waals surface area contributed by atoms with Crippen molar-refractivity contribution in [2.45, 2.75) is 12.5 Å². The van der Waals surface area contributed by atoms with E-state index in [-0.39, 0.29) is 18.3 Å². The summed E-state index contributed by atoms with van der Waals surface area (Å²) in [5.74, 6) is -0.113. The Morgan fingerprint density at radius 3 is 2.82 bits per heavy atom. The van der Waals surface area contributed by atoms with E-state index in [9.17, 15) is 4.79 Å². The minimum absolute atomic E-state index is 0.0494. The molecule has 1 aromatic rings. The SMILES string of the molecule is COCC(CCO)Nc1ccc(C(N)=O)nn1. The molecule has 0 aliphatic rings. The maximum atomic E-state index is 10.8. The summed E-state index contributed by atoms with van der Waals surface area (Å²) in [4.78, 5) is 10.8. The number of primary amides is 1.